The monoisotopic (exact) mass is 440 g/mol. The molecule has 0 atom stereocenters. The average Bonchev–Trinajstić information content (AvgIpc) is 3.24. The zero-order valence-corrected chi connectivity index (χ0v) is 18.3. The number of aromatic nitrogens is 4. The van der Waals surface area contributed by atoms with Crippen molar-refractivity contribution in [3.63, 3.8) is 0 Å². The quantitative estimate of drug-likeness (QED) is 0.489. The Morgan fingerprint density at radius 2 is 2.00 bits per heavy atom. The van der Waals surface area contributed by atoms with Gasteiger partial charge in [-0.3, -0.25) is 19.1 Å². The van der Waals surface area contributed by atoms with Gasteiger partial charge in [-0.25, -0.2) is 9.48 Å². The van der Waals surface area contributed by atoms with Gasteiger partial charge in [0.15, 0.2) is 5.69 Å². The molecule has 170 valence electrons. The van der Waals surface area contributed by atoms with Crippen molar-refractivity contribution in [2.24, 2.45) is 0 Å². The predicted molar refractivity (Wildman–Crippen MR) is 122 cm³/mol. The van der Waals surface area contributed by atoms with Crippen molar-refractivity contribution in [1.29, 1.82) is 0 Å². The number of nitrogens with zero attached hydrogens (tertiary/aromatic N) is 4. The normalized spacial score (nSPS) is 10.9. The molecule has 3 aromatic rings. The number of carbonyl (C=O) groups is 1. The van der Waals surface area contributed by atoms with E-state index in [-0.39, 0.29) is 37.0 Å². The van der Waals surface area contributed by atoms with Crippen LogP contribution in [0.5, 0.6) is 0 Å². The molecule has 32 heavy (non-hydrogen) atoms. The van der Waals surface area contributed by atoms with Crippen LogP contribution in [0, 0.1) is 0 Å². The minimum absolute atomic E-state index is 0.00349. The highest BCUT2D eigenvalue weighted by Crippen LogP contribution is 2.19. The lowest BCUT2D eigenvalue weighted by atomic mass is 10.2. The van der Waals surface area contributed by atoms with Gasteiger partial charge in [-0.05, 0) is 24.1 Å². The molecule has 0 radical (unpaired) electrons. The van der Waals surface area contributed by atoms with Crippen molar-refractivity contribution in [3.05, 3.63) is 69.1 Å². The Bertz CT molecular complexity index is 1170. The number of hydrogen-bond acceptors (Lipinski definition) is 6. The van der Waals surface area contributed by atoms with Crippen LogP contribution in [-0.4, -0.2) is 45.5 Å². The summed E-state index contributed by atoms with van der Waals surface area (Å²) in [7, 11) is 1.50. The van der Waals surface area contributed by atoms with Crippen LogP contribution in [0.2, 0.25) is 0 Å². The second-order valence-electron chi connectivity index (χ2n) is 7.34. The maximum atomic E-state index is 13.2. The van der Waals surface area contributed by atoms with Gasteiger partial charge in [0.2, 0.25) is 5.91 Å². The van der Waals surface area contributed by atoms with Gasteiger partial charge in [0.1, 0.15) is 5.82 Å². The second kappa shape index (κ2) is 10.6. The number of anilines is 2. The molecule has 0 spiro atoms. The number of nitrogen functional groups attached to an aromatic ring is 1. The van der Waals surface area contributed by atoms with Crippen molar-refractivity contribution in [1.82, 2.24) is 19.3 Å². The molecule has 0 aliphatic heterocycles. The molecule has 3 N–H and O–H groups in total. The number of carbonyl (C=O) groups excluding carboxylic acids is 1. The molecule has 3 rings (SSSR count). The third-order valence-corrected chi connectivity index (χ3v) is 5.05. The molecular formula is C22H28N6O4. The first-order valence-electron chi connectivity index (χ1n) is 10.5. The molecule has 0 aliphatic carbocycles. The van der Waals surface area contributed by atoms with Crippen LogP contribution in [0.3, 0.4) is 0 Å². The van der Waals surface area contributed by atoms with Gasteiger partial charge in [-0.2, -0.15) is 5.10 Å². The molecule has 10 heteroatoms. The van der Waals surface area contributed by atoms with E-state index in [1.54, 1.807) is 17.1 Å². The highest BCUT2D eigenvalue weighted by molar-refractivity contribution is 5.96. The Kier molecular flexibility index (Phi) is 7.61. The first-order chi connectivity index (χ1) is 15.5. The van der Waals surface area contributed by atoms with Crippen LogP contribution in [0.1, 0.15) is 25.3 Å². The number of amides is 1. The SMILES string of the molecule is CCCCn1c(N)c(N(CCOC)C(=O)Cc2cnn(-c3ccccc3)c2)c(=O)[nH]c1=O. The lowest BCUT2D eigenvalue weighted by Gasteiger charge is -2.24. The van der Waals surface area contributed by atoms with E-state index in [0.717, 1.165) is 12.1 Å². The van der Waals surface area contributed by atoms with E-state index in [9.17, 15) is 14.4 Å². The Morgan fingerprint density at radius 3 is 2.69 bits per heavy atom. The molecule has 0 unspecified atom stereocenters. The summed E-state index contributed by atoms with van der Waals surface area (Å²) in [6.07, 6.45) is 4.93. The molecule has 0 saturated carbocycles. The zero-order valence-electron chi connectivity index (χ0n) is 18.3. The summed E-state index contributed by atoms with van der Waals surface area (Å²) < 4.78 is 8.09. The van der Waals surface area contributed by atoms with Gasteiger partial charge >= 0.3 is 5.69 Å². The highest BCUT2D eigenvalue weighted by atomic mass is 16.5. The van der Waals surface area contributed by atoms with Crippen LogP contribution in [0.15, 0.2) is 52.3 Å². The fourth-order valence-electron chi connectivity index (χ4n) is 3.36. The van der Waals surface area contributed by atoms with Crippen molar-refractivity contribution < 1.29 is 9.53 Å². The lowest BCUT2D eigenvalue weighted by molar-refractivity contribution is -0.118. The summed E-state index contributed by atoms with van der Waals surface area (Å²) in [4.78, 5) is 41.7. The largest absolute Gasteiger partial charge is 0.383 e. The maximum Gasteiger partial charge on any atom is 0.330 e. The van der Waals surface area contributed by atoms with Crippen molar-refractivity contribution in [2.75, 3.05) is 30.9 Å². The van der Waals surface area contributed by atoms with Crippen molar-refractivity contribution in [3.8, 4) is 5.69 Å². The molecule has 10 nitrogen and oxygen atoms in total. The van der Waals surface area contributed by atoms with Crippen LogP contribution in [0.4, 0.5) is 11.5 Å². The Morgan fingerprint density at radius 1 is 1.25 bits per heavy atom. The van der Waals surface area contributed by atoms with E-state index < -0.39 is 11.2 Å². The first kappa shape index (κ1) is 23.0. The molecular weight excluding hydrogens is 412 g/mol. The standard InChI is InChI=1S/C22H28N6O4/c1-3-4-10-27-20(23)19(21(30)25-22(27)31)26(11-12-32-2)18(29)13-16-14-24-28(15-16)17-8-6-5-7-9-17/h5-9,14-15H,3-4,10-13,23H2,1-2H3,(H,25,30,31). The summed E-state index contributed by atoms with van der Waals surface area (Å²) in [5.41, 5.74) is 6.41. The number of rotatable bonds is 10. The molecule has 2 heterocycles. The van der Waals surface area contributed by atoms with Gasteiger partial charge in [0.25, 0.3) is 5.56 Å². The van der Waals surface area contributed by atoms with Crippen LogP contribution < -0.4 is 21.9 Å². The lowest BCUT2D eigenvalue weighted by Crippen LogP contribution is -2.43. The number of benzene rings is 1. The summed E-state index contributed by atoms with van der Waals surface area (Å²) in [6.45, 7) is 2.64. The van der Waals surface area contributed by atoms with Gasteiger partial charge in [-0.1, -0.05) is 31.5 Å². The summed E-state index contributed by atoms with van der Waals surface area (Å²) in [5, 5.41) is 4.31. The molecule has 2 aromatic heterocycles. The molecule has 1 amide bonds. The molecule has 0 saturated heterocycles. The number of unbranched alkanes of at least 4 members (excludes halogenated alkanes) is 1. The Hall–Kier alpha value is -3.66. The number of nitrogens with two attached hydrogens (primary N) is 1. The Labute approximate surface area is 185 Å². The van der Waals surface area contributed by atoms with Crippen molar-refractivity contribution in [2.45, 2.75) is 32.7 Å². The summed E-state index contributed by atoms with van der Waals surface area (Å²) in [5.74, 6) is -0.385. The van der Waals surface area contributed by atoms with Gasteiger partial charge < -0.3 is 15.4 Å². The molecule has 0 bridgehead atoms. The Balaban J connectivity index is 1.92. The fourth-order valence-corrected chi connectivity index (χ4v) is 3.36. The van der Waals surface area contributed by atoms with Gasteiger partial charge in [0, 0.05) is 26.4 Å². The molecule has 1 aromatic carbocycles. The van der Waals surface area contributed by atoms with E-state index in [0.29, 0.717) is 18.5 Å². The number of nitrogens with one attached hydrogen (secondary N) is 1. The number of ether oxygens (including phenoxy) is 1. The first-order valence-corrected chi connectivity index (χ1v) is 10.5. The van der Waals surface area contributed by atoms with Crippen LogP contribution >= 0.6 is 0 Å². The number of hydrogen-bond donors (Lipinski definition) is 2. The van der Waals surface area contributed by atoms with Gasteiger partial charge in [-0.15, -0.1) is 0 Å². The third-order valence-electron chi connectivity index (χ3n) is 5.05. The maximum absolute atomic E-state index is 13.2. The fraction of sp³-hybridized carbons (Fsp3) is 0.364. The summed E-state index contributed by atoms with van der Waals surface area (Å²) >= 11 is 0. The topological polar surface area (TPSA) is 128 Å². The van der Waals surface area contributed by atoms with E-state index in [2.05, 4.69) is 10.1 Å². The zero-order chi connectivity index (χ0) is 23.1. The van der Waals surface area contributed by atoms with Crippen LogP contribution in [-0.2, 0) is 22.5 Å². The minimum Gasteiger partial charge on any atom is -0.383 e. The molecule has 0 aliphatic rings. The van der Waals surface area contributed by atoms with E-state index in [1.165, 1.54) is 16.6 Å². The number of aromatic amines is 1. The van der Waals surface area contributed by atoms with Crippen LogP contribution in [0.25, 0.3) is 5.69 Å². The van der Waals surface area contributed by atoms with Gasteiger partial charge in [0.05, 0.1) is 24.9 Å². The number of para-hydroxylation sites is 1. The average molecular weight is 441 g/mol. The smallest absolute Gasteiger partial charge is 0.330 e. The third kappa shape index (κ3) is 5.14. The van der Waals surface area contributed by atoms with E-state index in [4.69, 9.17) is 10.5 Å². The predicted octanol–water partition coefficient (Wildman–Crippen LogP) is 1.33. The number of methoxy groups -OCH3 is 1. The van der Waals surface area contributed by atoms with Crippen molar-refractivity contribution >= 4 is 17.4 Å². The highest BCUT2D eigenvalue weighted by Gasteiger charge is 2.24. The minimum atomic E-state index is -0.704. The second-order valence-corrected chi connectivity index (χ2v) is 7.34. The summed E-state index contributed by atoms with van der Waals surface area (Å²) in [6, 6.07) is 9.52. The van der Waals surface area contributed by atoms with E-state index in [1.807, 2.05) is 37.3 Å². The number of H-pyrrole nitrogens is 1. The molecule has 0 fully saturated rings. The van der Waals surface area contributed by atoms with E-state index >= 15 is 0 Å².